The Morgan fingerprint density at radius 2 is 1.67 bits per heavy atom. The van der Waals surface area contributed by atoms with Crippen LogP contribution in [-0.4, -0.2) is 36.2 Å². The summed E-state index contributed by atoms with van der Waals surface area (Å²) in [5, 5.41) is 14.0. The first-order valence-corrected chi connectivity index (χ1v) is 15.6. The van der Waals surface area contributed by atoms with Crippen LogP contribution in [0.25, 0.3) is 22.0 Å². The lowest BCUT2D eigenvalue weighted by Gasteiger charge is -2.20. The van der Waals surface area contributed by atoms with Gasteiger partial charge in [0.25, 0.3) is 5.91 Å². The molecule has 9 heteroatoms. The number of nitrogens with one attached hydrogen (secondary N) is 1. The SMILES string of the molecule is CS(=O)(=O)c1cccc(-c2cc(C(=O)NC3(c4ccc(C(=O)O)cc4)CC3)c3c(ccn3Cc3cccc(Cl)c3)c2)c1. The lowest BCUT2D eigenvalue weighted by atomic mass is 9.98. The summed E-state index contributed by atoms with van der Waals surface area (Å²) in [6.45, 7) is 0.495. The fourth-order valence-electron chi connectivity index (χ4n) is 5.39. The van der Waals surface area contributed by atoms with Gasteiger partial charge >= 0.3 is 5.97 Å². The zero-order valence-electron chi connectivity index (χ0n) is 22.7. The van der Waals surface area contributed by atoms with Gasteiger partial charge in [0.1, 0.15) is 0 Å². The molecule has 1 aliphatic carbocycles. The van der Waals surface area contributed by atoms with Crippen LogP contribution in [0, 0.1) is 0 Å². The Balaban J connectivity index is 1.44. The molecule has 0 bridgehead atoms. The van der Waals surface area contributed by atoms with Crippen LogP contribution in [-0.2, 0) is 21.9 Å². The molecule has 1 saturated carbocycles. The second-order valence-corrected chi connectivity index (χ2v) is 13.2. The normalized spacial score (nSPS) is 14.0. The van der Waals surface area contributed by atoms with Crippen LogP contribution in [0.5, 0.6) is 0 Å². The van der Waals surface area contributed by atoms with Crippen molar-refractivity contribution in [1.82, 2.24) is 9.88 Å². The number of hydrogen-bond donors (Lipinski definition) is 2. The molecule has 1 amide bonds. The number of aromatic carboxylic acids is 1. The topological polar surface area (TPSA) is 105 Å². The highest BCUT2D eigenvalue weighted by atomic mass is 35.5. The van der Waals surface area contributed by atoms with Crippen molar-refractivity contribution in [2.45, 2.75) is 29.8 Å². The number of sulfone groups is 1. The maximum absolute atomic E-state index is 14.1. The van der Waals surface area contributed by atoms with Crippen molar-refractivity contribution in [2.75, 3.05) is 6.26 Å². The molecule has 1 fully saturated rings. The van der Waals surface area contributed by atoms with Crippen LogP contribution in [0.4, 0.5) is 0 Å². The molecule has 0 unspecified atom stereocenters. The van der Waals surface area contributed by atoms with Gasteiger partial charge in [-0.1, -0.05) is 48.0 Å². The average molecular weight is 599 g/mol. The first-order valence-electron chi connectivity index (χ1n) is 13.4. The van der Waals surface area contributed by atoms with Gasteiger partial charge in [0.05, 0.1) is 27.1 Å². The Labute approximate surface area is 248 Å². The highest BCUT2D eigenvalue weighted by Gasteiger charge is 2.46. The summed E-state index contributed by atoms with van der Waals surface area (Å²) < 4.78 is 26.5. The number of carboxylic acid groups (broad SMARTS) is 1. The average Bonchev–Trinajstić information content (AvgIpc) is 3.64. The van der Waals surface area contributed by atoms with E-state index < -0.39 is 21.3 Å². The van der Waals surface area contributed by atoms with E-state index in [2.05, 4.69) is 5.32 Å². The molecular formula is C33H27ClN2O5S. The number of fused-ring (bicyclic) bond motifs is 1. The third-order valence-electron chi connectivity index (χ3n) is 7.73. The predicted octanol–water partition coefficient (Wildman–Crippen LogP) is 6.53. The highest BCUT2D eigenvalue weighted by Crippen LogP contribution is 2.46. The van der Waals surface area contributed by atoms with E-state index in [9.17, 15) is 23.1 Å². The smallest absolute Gasteiger partial charge is 0.335 e. The molecule has 4 aromatic carbocycles. The number of carboxylic acids is 1. The van der Waals surface area contributed by atoms with Gasteiger partial charge < -0.3 is 15.0 Å². The standard InChI is InChI=1S/C33H27ClN2O5S/c1-42(40,41)28-7-3-5-23(18-28)25-17-24-12-15-36(20-21-4-2-6-27(34)16-21)30(24)29(19-25)31(37)35-33(13-14-33)26-10-8-22(9-11-26)32(38)39/h2-12,15-19H,13-14,20H2,1H3,(H,35,37)(H,38,39). The number of hydrogen-bond acceptors (Lipinski definition) is 4. The molecular weight excluding hydrogens is 572 g/mol. The number of halogens is 1. The van der Waals surface area contributed by atoms with Gasteiger partial charge in [-0.25, -0.2) is 13.2 Å². The molecule has 7 nitrogen and oxygen atoms in total. The number of aromatic nitrogens is 1. The Morgan fingerprint density at radius 3 is 2.33 bits per heavy atom. The minimum Gasteiger partial charge on any atom is -0.478 e. The van der Waals surface area contributed by atoms with Gasteiger partial charge in [-0.2, -0.15) is 0 Å². The van der Waals surface area contributed by atoms with Gasteiger partial charge in [0.15, 0.2) is 9.84 Å². The minimum absolute atomic E-state index is 0.186. The molecule has 2 N–H and O–H groups in total. The fraction of sp³-hybridized carbons (Fsp3) is 0.152. The number of carbonyl (C=O) groups excluding carboxylic acids is 1. The van der Waals surface area contributed by atoms with Crippen molar-refractivity contribution in [2.24, 2.45) is 0 Å². The van der Waals surface area contributed by atoms with E-state index in [0.717, 1.165) is 34.9 Å². The molecule has 1 aliphatic rings. The third kappa shape index (κ3) is 5.43. The second-order valence-electron chi connectivity index (χ2n) is 10.8. The lowest BCUT2D eigenvalue weighted by molar-refractivity contribution is 0.0696. The largest absolute Gasteiger partial charge is 0.478 e. The molecule has 1 heterocycles. The van der Waals surface area contributed by atoms with E-state index in [1.54, 1.807) is 48.5 Å². The summed E-state index contributed by atoms with van der Waals surface area (Å²) in [5.41, 5.74) is 4.02. The van der Waals surface area contributed by atoms with Crippen LogP contribution in [0.15, 0.2) is 102 Å². The molecule has 1 aromatic heterocycles. The fourth-order valence-corrected chi connectivity index (χ4v) is 6.27. The first kappa shape index (κ1) is 27.8. The van der Waals surface area contributed by atoms with E-state index in [4.69, 9.17) is 11.6 Å². The van der Waals surface area contributed by atoms with Crippen LogP contribution in [0.3, 0.4) is 0 Å². The molecule has 0 spiro atoms. The summed E-state index contributed by atoms with van der Waals surface area (Å²) in [6.07, 6.45) is 4.56. The molecule has 5 aromatic rings. The zero-order chi connectivity index (χ0) is 29.6. The maximum atomic E-state index is 14.1. The van der Waals surface area contributed by atoms with Gasteiger partial charge in [-0.05, 0) is 89.7 Å². The lowest BCUT2D eigenvalue weighted by Crippen LogP contribution is -2.35. The number of amides is 1. The molecule has 0 aliphatic heterocycles. The first-order chi connectivity index (χ1) is 20.0. The number of benzene rings is 4. The van der Waals surface area contributed by atoms with Gasteiger partial charge in [-0.3, -0.25) is 4.79 Å². The van der Waals surface area contributed by atoms with Crippen molar-refractivity contribution < 1.29 is 23.1 Å². The van der Waals surface area contributed by atoms with Crippen molar-refractivity contribution in [1.29, 1.82) is 0 Å². The highest BCUT2D eigenvalue weighted by molar-refractivity contribution is 7.90. The predicted molar refractivity (Wildman–Crippen MR) is 163 cm³/mol. The van der Waals surface area contributed by atoms with E-state index in [0.29, 0.717) is 28.3 Å². The molecule has 0 radical (unpaired) electrons. The summed E-state index contributed by atoms with van der Waals surface area (Å²) in [4.78, 5) is 25.6. The summed E-state index contributed by atoms with van der Waals surface area (Å²) in [7, 11) is -3.42. The van der Waals surface area contributed by atoms with Gasteiger partial charge in [0.2, 0.25) is 0 Å². The molecule has 0 atom stereocenters. The van der Waals surface area contributed by atoms with Crippen molar-refractivity contribution in [3.63, 3.8) is 0 Å². The Morgan fingerprint density at radius 1 is 0.929 bits per heavy atom. The van der Waals surface area contributed by atoms with Crippen LogP contribution in [0.1, 0.15) is 44.7 Å². The van der Waals surface area contributed by atoms with Crippen molar-refractivity contribution in [3.8, 4) is 11.1 Å². The molecule has 212 valence electrons. The van der Waals surface area contributed by atoms with Crippen LogP contribution >= 0.6 is 11.6 Å². The van der Waals surface area contributed by atoms with Crippen LogP contribution in [0.2, 0.25) is 5.02 Å². The maximum Gasteiger partial charge on any atom is 0.335 e. The summed E-state index contributed by atoms with van der Waals surface area (Å²) in [6, 6.07) is 26.6. The van der Waals surface area contributed by atoms with Gasteiger partial charge in [-0.15, -0.1) is 0 Å². The van der Waals surface area contributed by atoms with E-state index >= 15 is 0 Å². The van der Waals surface area contributed by atoms with Gasteiger partial charge in [0, 0.05) is 29.4 Å². The minimum atomic E-state index is -3.42. The third-order valence-corrected chi connectivity index (χ3v) is 9.08. The Bertz CT molecular complexity index is 1980. The summed E-state index contributed by atoms with van der Waals surface area (Å²) >= 11 is 6.23. The van der Waals surface area contributed by atoms with E-state index in [-0.39, 0.29) is 16.4 Å². The van der Waals surface area contributed by atoms with E-state index in [1.165, 1.54) is 6.26 Å². The second kappa shape index (κ2) is 10.5. The molecule has 42 heavy (non-hydrogen) atoms. The Kier molecular flexibility index (Phi) is 6.91. The molecule has 0 saturated heterocycles. The van der Waals surface area contributed by atoms with Crippen molar-refractivity contribution in [3.05, 3.63) is 124 Å². The van der Waals surface area contributed by atoms with Crippen LogP contribution < -0.4 is 5.32 Å². The van der Waals surface area contributed by atoms with E-state index in [1.807, 2.05) is 53.2 Å². The zero-order valence-corrected chi connectivity index (χ0v) is 24.2. The van der Waals surface area contributed by atoms with Crippen molar-refractivity contribution >= 4 is 44.2 Å². The Hall–Kier alpha value is -4.40. The summed E-state index contributed by atoms with van der Waals surface area (Å²) in [5.74, 6) is -1.28. The molecule has 6 rings (SSSR count). The number of nitrogens with zero attached hydrogens (tertiary/aromatic N) is 1. The monoisotopic (exact) mass is 598 g/mol. The number of rotatable bonds is 8. The quantitative estimate of drug-likeness (QED) is 0.211. The number of carbonyl (C=O) groups is 2.